The predicted molar refractivity (Wildman–Crippen MR) is 38.8 cm³/mol. The van der Waals surface area contributed by atoms with Gasteiger partial charge in [-0.15, -0.1) is 0 Å². The molecule has 1 heteroatoms. The van der Waals surface area contributed by atoms with Gasteiger partial charge in [-0.25, -0.2) is 4.39 Å². The molecule has 0 amide bonds. The first-order valence-corrected chi connectivity index (χ1v) is 2.82. The summed E-state index contributed by atoms with van der Waals surface area (Å²) in [6, 6.07) is 0. The highest BCUT2D eigenvalue weighted by atomic mass is 19.1. The van der Waals surface area contributed by atoms with Gasteiger partial charge in [0.2, 0.25) is 0 Å². The third-order valence-corrected chi connectivity index (χ3v) is 0.710. The van der Waals surface area contributed by atoms with E-state index in [4.69, 9.17) is 0 Å². The van der Waals surface area contributed by atoms with Crippen LogP contribution in [0, 0.1) is 0 Å². The van der Waals surface area contributed by atoms with Crippen molar-refractivity contribution in [3.63, 3.8) is 0 Å². The Morgan fingerprint density at radius 3 is 2.44 bits per heavy atom. The van der Waals surface area contributed by atoms with Gasteiger partial charge in [-0.3, -0.25) is 0 Å². The summed E-state index contributed by atoms with van der Waals surface area (Å²) in [7, 11) is 0. The van der Waals surface area contributed by atoms with Crippen LogP contribution in [-0.4, -0.2) is 0 Å². The largest absolute Gasteiger partial charge is 0.207 e. The Kier molecular flexibility index (Phi) is 3.69. The minimum atomic E-state index is -0.245. The summed E-state index contributed by atoms with van der Waals surface area (Å²) in [5.41, 5.74) is 0.727. The van der Waals surface area contributed by atoms with Crippen molar-refractivity contribution in [3.05, 3.63) is 36.2 Å². The van der Waals surface area contributed by atoms with Gasteiger partial charge in [-0.1, -0.05) is 18.2 Å². The van der Waals surface area contributed by atoms with E-state index in [1.165, 1.54) is 12.2 Å². The van der Waals surface area contributed by atoms with Gasteiger partial charge in [0.25, 0.3) is 0 Å². The highest BCUT2D eigenvalue weighted by molar-refractivity contribution is 5.21. The summed E-state index contributed by atoms with van der Waals surface area (Å²) < 4.78 is 12.4. The van der Waals surface area contributed by atoms with Gasteiger partial charge in [0.05, 0.1) is 0 Å². The second-order valence-corrected chi connectivity index (χ2v) is 1.88. The molecular formula is C8H11F. The number of hydrogen-bond donors (Lipinski definition) is 0. The Labute approximate surface area is 55.4 Å². The lowest BCUT2D eigenvalue weighted by Gasteiger charge is -1.85. The SMILES string of the molecule is C=C(C)C=C(F)C=CC. The summed E-state index contributed by atoms with van der Waals surface area (Å²) >= 11 is 0. The van der Waals surface area contributed by atoms with Crippen molar-refractivity contribution in [1.82, 2.24) is 0 Å². The van der Waals surface area contributed by atoms with Gasteiger partial charge in [0, 0.05) is 0 Å². The zero-order valence-corrected chi connectivity index (χ0v) is 5.82. The smallest absolute Gasteiger partial charge is 0.123 e. The summed E-state index contributed by atoms with van der Waals surface area (Å²) in [6.45, 7) is 7.05. The maximum atomic E-state index is 12.4. The van der Waals surface area contributed by atoms with Crippen LogP contribution in [0.15, 0.2) is 36.2 Å². The van der Waals surface area contributed by atoms with Crippen LogP contribution in [0.4, 0.5) is 4.39 Å². The van der Waals surface area contributed by atoms with Crippen LogP contribution >= 0.6 is 0 Å². The Morgan fingerprint density at radius 1 is 1.56 bits per heavy atom. The maximum Gasteiger partial charge on any atom is 0.123 e. The van der Waals surface area contributed by atoms with Crippen molar-refractivity contribution in [2.45, 2.75) is 13.8 Å². The van der Waals surface area contributed by atoms with E-state index >= 15 is 0 Å². The van der Waals surface area contributed by atoms with Gasteiger partial charge in [0.1, 0.15) is 5.83 Å². The molecule has 0 aliphatic carbocycles. The summed E-state index contributed by atoms with van der Waals surface area (Å²) in [5, 5.41) is 0. The Morgan fingerprint density at radius 2 is 2.11 bits per heavy atom. The van der Waals surface area contributed by atoms with E-state index < -0.39 is 0 Å². The summed E-state index contributed by atoms with van der Waals surface area (Å²) in [5.74, 6) is -0.245. The minimum absolute atomic E-state index is 0.245. The van der Waals surface area contributed by atoms with Crippen molar-refractivity contribution in [1.29, 1.82) is 0 Å². The molecule has 0 bridgehead atoms. The molecule has 0 aromatic rings. The lowest BCUT2D eigenvalue weighted by atomic mass is 10.3. The van der Waals surface area contributed by atoms with Crippen LogP contribution in [0.5, 0.6) is 0 Å². The molecule has 0 fully saturated rings. The average Bonchev–Trinajstić information content (AvgIpc) is 1.63. The van der Waals surface area contributed by atoms with Crippen LogP contribution in [0.25, 0.3) is 0 Å². The van der Waals surface area contributed by atoms with Gasteiger partial charge in [-0.05, 0) is 26.0 Å². The summed E-state index contributed by atoms with van der Waals surface area (Å²) in [4.78, 5) is 0. The first kappa shape index (κ1) is 8.15. The molecule has 9 heavy (non-hydrogen) atoms. The second kappa shape index (κ2) is 4.07. The minimum Gasteiger partial charge on any atom is -0.207 e. The zero-order valence-electron chi connectivity index (χ0n) is 5.82. The molecule has 0 saturated heterocycles. The molecule has 0 spiro atoms. The van der Waals surface area contributed by atoms with Crippen molar-refractivity contribution in [2.75, 3.05) is 0 Å². The van der Waals surface area contributed by atoms with Crippen molar-refractivity contribution in [3.8, 4) is 0 Å². The Balaban J connectivity index is 4.00. The molecule has 0 atom stereocenters. The molecule has 0 saturated carbocycles. The average molecular weight is 126 g/mol. The molecule has 50 valence electrons. The monoisotopic (exact) mass is 126 g/mol. The van der Waals surface area contributed by atoms with Gasteiger partial charge in [-0.2, -0.15) is 0 Å². The third-order valence-electron chi connectivity index (χ3n) is 0.710. The molecule has 0 aromatic heterocycles. The van der Waals surface area contributed by atoms with Crippen LogP contribution in [0.3, 0.4) is 0 Å². The van der Waals surface area contributed by atoms with E-state index in [9.17, 15) is 4.39 Å². The van der Waals surface area contributed by atoms with Crippen molar-refractivity contribution >= 4 is 0 Å². The highest BCUT2D eigenvalue weighted by Gasteiger charge is 1.83. The standard InChI is InChI=1S/C8H11F/c1-4-5-8(9)6-7(2)3/h4-6H,2H2,1,3H3. The molecule has 0 heterocycles. The van der Waals surface area contributed by atoms with E-state index in [2.05, 4.69) is 6.58 Å². The van der Waals surface area contributed by atoms with Crippen LogP contribution in [0.2, 0.25) is 0 Å². The molecule has 0 aromatic carbocycles. The topological polar surface area (TPSA) is 0 Å². The number of hydrogen-bond acceptors (Lipinski definition) is 0. The normalized spacial score (nSPS) is 12.6. The van der Waals surface area contributed by atoms with Crippen LogP contribution in [0.1, 0.15) is 13.8 Å². The fourth-order valence-electron chi connectivity index (χ4n) is 0.443. The third kappa shape index (κ3) is 5.01. The highest BCUT2D eigenvalue weighted by Crippen LogP contribution is 2.02. The van der Waals surface area contributed by atoms with Crippen molar-refractivity contribution in [2.24, 2.45) is 0 Å². The molecule has 0 aliphatic heterocycles. The fraction of sp³-hybridized carbons (Fsp3) is 0.250. The molecule has 0 aliphatic rings. The maximum absolute atomic E-state index is 12.4. The fourth-order valence-corrected chi connectivity index (χ4v) is 0.443. The second-order valence-electron chi connectivity index (χ2n) is 1.88. The number of allylic oxidation sites excluding steroid dienone is 5. The quantitative estimate of drug-likeness (QED) is 0.499. The summed E-state index contributed by atoms with van der Waals surface area (Å²) in [6.07, 6.45) is 4.43. The van der Waals surface area contributed by atoms with E-state index in [1.54, 1.807) is 19.9 Å². The van der Waals surface area contributed by atoms with E-state index in [0.29, 0.717) is 0 Å². The predicted octanol–water partition coefficient (Wildman–Crippen LogP) is 2.99. The van der Waals surface area contributed by atoms with Gasteiger partial charge < -0.3 is 0 Å². The lowest BCUT2D eigenvalue weighted by Crippen LogP contribution is -1.66. The molecular weight excluding hydrogens is 115 g/mol. The Hall–Kier alpha value is -0.850. The lowest BCUT2D eigenvalue weighted by molar-refractivity contribution is 0.666. The van der Waals surface area contributed by atoms with Crippen LogP contribution < -0.4 is 0 Å². The molecule has 0 radical (unpaired) electrons. The van der Waals surface area contributed by atoms with Gasteiger partial charge >= 0.3 is 0 Å². The Bertz CT molecular complexity index is 152. The van der Waals surface area contributed by atoms with Crippen molar-refractivity contribution < 1.29 is 4.39 Å². The molecule has 0 unspecified atom stereocenters. The first-order chi connectivity index (χ1) is 4.16. The van der Waals surface area contributed by atoms with E-state index in [0.717, 1.165) is 5.57 Å². The van der Waals surface area contributed by atoms with E-state index in [1.807, 2.05) is 0 Å². The van der Waals surface area contributed by atoms with Crippen LogP contribution in [-0.2, 0) is 0 Å². The molecule has 0 nitrogen and oxygen atoms in total. The number of rotatable bonds is 2. The molecule has 0 rings (SSSR count). The first-order valence-electron chi connectivity index (χ1n) is 2.82. The van der Waals surface area contributed by atoms with E-state index in [-0.39, 0.29) is 5.83 Å². The molecule has 0 N–H and O–H groups in total. The van der Waals surface area contributed by atoms with Gasteiger partial charge in [0.15, 0.2) is 0 Å². The number of halogens is 1. The zero-order chi connectivity index (χ0) is 7.28.